The van der Waals surface area contributed by atoms with E-state index >= 15 is 0 Å². The van der Waals surface area contributed by atoms with Gasteiger partial charge in [-0.05, 0) is 18.8 Å². The van der Waals surface area contributed by atoms with Crippen LogP contribution >= 0.6 is 0 Å². The van der Waals surface area contributed by atoms with Gasteiger partial charge in [-0.15, -0.1) is 0 Å². The van der Waals surface area contributed by atoms with Crippen LogP contribution in [0.5, 0.6) is 0 Å². The second-order valence-electron chi connectivity index (χ2n) is 4.74. The molecule has 2 saturated carbocycles. The number of hydrogen-bond acceptors (Lipinski definition) is 2. The molecule has 2 rings (SSSR count). The van der Waals surface area contributed by atoms with Gasteiger partial charge in [0.25, 0.3) is 0 Å². The fraction of sp³-hybridized carbons (Fsp3) is 1.00. The molecule has 2 aliphatic rings. The first-order valence-electron chi connectivity index (χ1n) is 5.57. The van der Waals surface area contributed by atoms with Crippen LogP contribution in [0.3, 0.4) is 0 Å². The molecule has 4 heteroatoms. The van der Waals surface area contributed by atoms with Crippen molar-refractivity contribution in [2.45, 2.75) is 44.3 Å². The van der Waals surface area contributed by atoms with Crippen LogP contribution in [0.2, 0.25) is 0 Å². The van der Waals surface area contributed by atoms with Gasteiger partial charge in [-0.25, -0.2) is 8.78 Å². The summed E-state index contributed by atoms with van der Waals surface area (Å²) in [7, 11) is 1.61. The first-order chi connectivity index (χ1) is 7.00. The van der Waals surface area contributed by atoms with Crippen LogP contribution in [0.25, 0.3) is 0 Å². The molecule has 88 valence electrons. The summed E-state index contributed by atoms with van der Waals surface area (Å²) in [5.74, 6) is -2.89. The number of alkyl halides is 2. The van der Waals surface area contributed by atoms with Crippen molar-refractivity contribution in [3.63, 3.8) is 0 Å². The maximum Gasteiger partial charge on any atom is 0.248 e. The van der Waals surface area contributed by atoms with E-state index in [1.165, 1.54) is 0 Å². The van der Waals surface area contributed by atoms with E-state index < -0.39 is 11.7 Å². The van der Waals surface area contributed by atoms with Crippen molar-refractivity contribution in [3.8, 4) is 0 Å². The first-order valence-corrected chi connectivity index (χ1v) is 5.57. The van der Waals surface area contributed by atoms with Crippen molar-refractivity contribution in [3.05, 3.63) is 0 Å². The highest BCUT2D eigenvalue weighted by Gasteiger charge is 2.56. The van der Waals surface area contributed by atoms with Crippen molar-refractivity contribution >= 4 is 0 Å². The number of methoxy groups -OCH3 is 1. The zero-order valence-electron chi connectivity index (χ0n) is 9.26. The Morgan fingerprint density at radius 3 is 2.07 bits per heavy atom. The third kappa shape index (κ3) is 2.02. The summed E-state index contributed by atoms with van der Waals surface area (Å²) in [5.41, 5.74) is 0. The number of fused-ring (bicyclic) bond motifs is 1. The highest BCUT2D eigenvalue weighted by molar-refractivity contribution is 4.99. The molecule has 0 amide bonds. The summed E-state index contributed by atoms with van der Waals surface area (Å²) in [5, 5.41) is 0. The Morgan fingerprint density at radius 2 is 1.67 bits per heavy atom. The fourth-order valence-electron chi connectivity index (χ4n) is 3.15. The number of hydrogen-bond donors (Lipinski definition) is 0. The maximum absolute atomic E-state index is 13.1. The molecule has 0 aliphatic heterocycles. The van der Waals surface area contributed by atoms with Crippen LogP contribution in [-0.4, -0.2) is 25.4 Å². The van der Waals surface area contributed by atoms with Gasteiger partial charge in [0.1, 0.15) is 0 Å². The predicted octanol–water partition coefficient (Wildman–Crippen LogP) is 2.82. The topological polar surface area (TPSA) is 18.5 Å². The SMILES string of the molecule is CCOC1(OC)CC2CC(F)(F)CC2C1. The molecule has 0 heterocycles. The van der Waals surface area contributed by atoms with Gasteiger partial charge < -0.3 is 9.47 Å². The summed E-state index contributed by atoms with van der Waals surface area (Å²) >= 11 is 0. The molecule has 2 aliphatic carbocycles. The predicted molar refractivity (Wildman–Crippen MR) is 51.8 cm³/mol. The minimum absolute atomic E-state index is 0.00977. The van der Waals surface area contributed by atoms with Crippen LogP contribution < -0.4 is 0 Å². The second kappa shape index (κ2) is 3.67. The number of halogens is 2. The average Bonchev–Trinajstić information content (AvgIpc) is 2.56. The van der Waals surface area contributed by atoms with E-state index in [4.69, 9.17) is 9.47 Å². The Balaban J connectivity index is 2.03. The van der Waals surface area contributed by atoms with Gasteiger partial charge in [0.2, 0.25) is 5.92 Å². The number of rotatable bonds is 3. The van der Waals surface area contributed by atoms with Crippen molar-refractivity contribution in [1.29, 1.82) is 0 Å². The zero-order valence-corrected chi connectivity index (χ0v) is 9.26. The first kappa shape index (κ1) is 11.3. The van der Waals surface area contributed by atoms with Gasteiger partial charge >= 0.3 is 0 Å². The van der Waals surface area contributed by atoms with Crippen LogP contribution in [-0.2, 0) is 9.47 Å². The number of ether oxygens (including phenoxy) is 2. The highest BCUT2D eigenvalue weighted by atomic mass is 19.3. The van der Waals surface area contributed by atoms with E-state index in [0.717, 1.165) is 0 Å². The van der Waals surface area contributed by atoms with E-state index in [1.54, 1.807) is 7.11 Å². The van der Waals surface area contributed by atoms with E-state index in [9.17, 15) is 8.78 Å². The van der Waals surface area contributed by atoms with E-state index in [1.807, 2.05) is 6.92 Å². The van der Waals surface area contributed by atoms with Crippen LogP contribution in [0.15, 0.2) is 0 Å². The molecule has 0 radical (unpaired) electrons. The smallest absolute Gasteiger partial charge is 0.248 e. The maximum atomic E-state index is 13.1. The summed E-state index contributed by atoms with van der Waals surface area (Å²) in [6.07, 6.45) is 1.26. The Morgan fingerprint density at radius 1 is 1.13 bits per heavy atom. The quantitative estimate of drug-likeness (QED) is 0.681. The lowest BCUT2D eigenvalue weighted by Gasteiger charge is -2.29. The van der Waals surface area contributed by atoms with Gasteiger partial charge in [0.05, 0.1) is 0 Å². The van der Waals surface area contributed by atoms with Gasteiger partial charge in [0, 0.05) is 39.4 Å². The summed E-state index contributed by atoms with van der Waals surface area (Å²) in [6.45, 7) is 2.48. The minimum Gasteiger partial charge on any atom is -0.353 e. The molecule has 15 heavy (non-hydrogen) atoms. The van der Waals surface area contributed by atoms with Gasteiger partial charge in [0.15, 0.2) is 5.79 Å². The fourth-order valence-corrected chi connectivity index (χ4v) is 3.15. The molecular weight excluding hydrogens is 202 g/mol. The van der Waals surface area contributed by atoms with Crippen LogP contribution in [0.1, 0.15) is 32.6 Å². The molecule has 0 aromatic carbocycles. The molecule has 2 fully saturated rings. The second-order valence-corrected chi connectivity index (χ2v) is 4.74. The van der Waals surface area contributed by atoms with Crippen molar-refractivity contribution in [2.75, 3.05) is 13.7 Å². The molecule has 2 unspecified atom stereocenters. The Bertz CT molecular complexity index is 227. The lowest BCUT2D eigenvalue weighted by atomic mass is 10.0. The molecule has 0 bridgehead atoms. The van der Waals surface area contributed by atoms with E-state index in [2.05, 4.69) is 0 Å². The molecule has 2 atom stereocenters. The zero-order chi connectivity index (χ0) is 11.1. The summed E-state index contributed by atoms with van der Waals surface area (Å²) in [4.78, 5) is 0. The Labute approximate surface area is 88.9 Å². The monoisotopic (exact) mass is 220 g/mol. The molecule has 0 aromatic heterocycles. The molecular formula is C11H18F2O2. The lowest BCUT2D eigenvalue weighted by molar-refractivity contribution is -0.220. The minimum atomic E-state index is -2.46. The molecule has 0 spiro atoms. The highest BCUT2D eigenvalue weighted by Crippen LogP contribution is 2.55. The largest absolute Gasteiger partial charge is 0.353 e. The average molecular weight is 220 g/mol. The van der Waals surface area contributed by atoms with Crippen molar-refractivity contribution in [2.24, 2.45) is 11.8 Å². The summed E-state index contributed by atoms with van der Waals surface area (Å²) < 4.78 is 37.2. The third-order valence-electron chi connectivity index (χ3n) is 3.71. The molecule has 0 N–H and O–H groups in total. The van der Waals surface area contributed by atoms with Gasteiger partial charge in [-0.3, -0.25) is 0 Å². The van der Waals surface area contributed by atoms with E-state index in [0.29, 0.717) is 19.4 Å². The molecule has 0 saturated heterocycles. The van der Waals surface area contributed by atoms with Crippen LogP contribution in [0.4, 0.5) is 8.78 Å². The summed E-state index contributed by atoms with van der Waals surface area (Å²) in [6, 6.07) is 0. The van der Waals surface area contributed by atoms with Gasteiger partial charge in [-0.2, -0.15) is 0 Å². The molecule has 0 aromatic rings. The third-order valence-corrected chi connectivity index (χ3v) is 3.71. The van der Waals surface area contributed by atoms with Crippen molar-refractivity contribution < 1.29 is 18.3 Å². The van der Waals surface area contributed by atoms with Crippen molar-refractivity contribution in [1.82, 2.24) is 0 Å². The standard InChI is InChI=1S/C11H18F2O2/c1-3-15-11(14-2)6-8-4-10(12,13)5-9(8)7-11/h8-9H,3-7H2,1-2H3. The Hall–Kier alpha value is -0.220. The molecule has 2 nitrogen and oxygen atoms in total. The normalized spacial score (nSPS) is 43.2. The van der Waals surface area contributed by atoms with Gasteiger partial charge in [-0.1, -0.05) is 0 Å². The Kier molecular flexibility index (Phi) is 2.75. The lowest BCUT2D eigenvalue weighted by Crippen LogP contribution is -2.33. The van der Waals surface area contributed by atoms with E-state index in [-0.39, 0.29) is 24.7 Å². The van der Waals surface area contributed by atoms with Crippen LogP contribution in [0, 0.1) is 11.8 Å².